The molecule has 1 amide bonds. The number of nitrogens with zero attached hydrogens (tertiary/aromatic N) is 1. The molecular formula is C7H8F3N3OS. The smallest absolute Gasteiger partial charge is 0.322 e. The van der Waals surface area contributed by atoms with E-state index in [0.717, 1.165) is 0 Å². The number of aromatic amines is 1. The number of amides is 1. The van der Waals surface area contributed by atoms with Crippen molar-refractivity contribution in [2.45, 2.75) is 17.7 Å². The Morgan fingerprint density at radius 2 is 2.33 bits per heavy atom. The minimum absolute atomic E-state index is 0.342. The van der Waals surface area contributed by atoms with Crippen molar-refractivity contribution in [3.63, 3.8) is 0 Å². The maximum absolute atomic E-state index is 11.9. The van der Waals surface area contributed by atoms with Crippen LogP contribution in [0.5, 0.6) is 0 Å². The summed E-state index contributed by atoms with van der Waals surface area (Å²) in [6.07, 6.45) is 2.69. The molecule has 0 radical (unpaired) electrons. The van der Waals surface area contributed by atoms with Crippen LogP contribution in [-0.2, 0) is 4.79 Å². The fourth-order valence-corrected chi connectivity index (χ4v) is 1.38. The van der Waals surface area contributed by atoms with Crippen LogP contribution in [0.2, 0.25) is 0 Å². The van der Waals surface area contributed by atoms with E-state index in [0.29, 0.717) is 5.69 Å². The average molecular weight is 239 g/mol. The largest absolute Gasteiger partial charge is 0.442 e. The molecule has 8 heteroatoms. The number of nitrogens with one attached hydrogen (secondary N) is 2. The van der Waals surface area contributed by atoms with Crippen molar-refractivity contribution in [2.24, 2.45) is 0 Å². The third kappa shape index (κ3) is 4.24. The molecular weight excluding hydrogens is 231 g/mol. The number of anilines is 1. The van der Waals surface area contributed by atoms with E-state index in [2.05, 4.69) is 15.5 Å². The molecule has 0 bridgehead atoms. The summed E-state index contributed by atoms with van der Waals surface area (Å²) in [6, 6.07) is 0. The molecule has 0 aliphatic carbocycles. The van der Waals surface area contributed by atoms with Crippen LogP contribution in [0.3, 0.4) is 0 Å². The Labute approximate surface area is 87.6 Å². The van der Waals surface area contributed by atoms with Gasteiger partial charge in [0.25, 0.3) is 0 Å². The predicted molar refractivity (Wildman–Crippen MR) is 50.3 cm³/mol. The van der Waals surface area contributed by atoms with E-state index in [4.69, 9.17) is 0 Å². The zero-order valence-electron chi connectivity index (χ0n) is 7.63. The zero-order valence-corrected chi connectivity index (χ0v) is 8.45. The van der Waals surface area contributed by atoms with Crippen molar-refractivity contribution < 1.29 is 18.0 Å². The fourth-order valence-electron chi connectivity index (χ4n) is 0.817. The Bertz CT molecular complexity index is 325. The van der Waals surface area contributed by atoms with E-state index >= 15 is 0 Å². The second-order valence-electron chi connectivity index (χ2n) is 2.68. The quantitative estimate of drug-likeness (QED) is 0.848. The van der Waals surface area contributed by atoms with Gasteiger partial charge in [-0.05, 0) is 18.7 Å². The van der Waals surface area contributed by atoms with Gasteiger partial charge in [0.2, 0.25) is 5.91 Å². The molecule has 15 heavy (non-hydrogen) atoms. The van der Waals surface area contributed by atoms with Gasteiger partial charge in [-0.1, -0.05) is 0 Å². The molecule has 1 atom stereocenters. The Hall–Kier alpha value is -1.18. The van der Waals surface area contributed by atoms with Gasteiger partial charge in [-0.2, -0.15) is 18.3 Å². The zero-order chi connectivity index (χ0) is 11.5. The lowest BCUT2D eigenvalue weighted by molar-refractivity contribution is -0.115. The van der Waals surface area contributed by atoms with Gasteiger partial charge in [0, 0.05) is 6.20 Å². The maximum atomic E-state index is 11.9. The van der Waals surface area contributed by atoms with Crippen LogP contribution in [0.15, 0.2) is 12.4 Å². The number of thioether (sulfide) groups is 1. The SMILES string of the molecule is CC(SC(F)(F)F)C(=O)Nc1cn[nH]c1. The minimum atomic E-state index is -4.41. The van der Waals surface area contributed by atoms with Crippen LogP contribution in [0.1, 0.15) is 6.92 Å². The van der Waals surface area contributed by atoms with Crippen LogP contribution < -0.4 is 5.32 Å². The molecule has 1 unspecified atom stereocenters. The number of carbonyl (C=O) groups excluding carboxylic acids is 1. The highest BCUT2D eigenvalue weighted by atomic mass is 32.2. The molecule has 0 saturated heterocycles. The lowest BCUT2D eigenvalue weighted by atomic mass is 10.4. The van der Waals surface area contributed by atoms with Crippen molar-refractivity contribution in [1.82, 2.24) is 10.2 Å². The molecule has 0 saturated carbocycles. The normalized spacial score (nSPS) is 13.6. The van der Waals surface area contributed by atoms with Crippen molar-refractivity contribution in [3.8, 4) is 0 Å². The number of hydrogen-bond donors (Lipinski definition) is 2. The van der Waals surface area contributed by atoms with E-state index < -0.39 is 16.7 Å². The van der Waals surface area contributed by atoms with E-state index in [9.17, 15) is 18.0 Å². The molecule has 0 fully saturated rings. The molecule has 1 aromatic rings. The van der Waals surface area contributed by atoms with Gasteiger partial charge in [0.05, 0.1) is 17.1 Å². The number of H-pyrrole nitrogens is 1. The molecule has 1 rings (SSSR count). The summed E-state index contributed by atoms with van der Waals surface area (Å²) in [7, 11) is 0. The second kappa shape index (κ2) is 4.56. The van der Waals surface area contributed by atoms with E-state index in [-0.39, 0.29) is 11.8 Å². The molecule has 0 aliphatic heterocycles. The first kappa shape index (κ1) is 11.9. The summed E-state index contributed by atoms with van der Waals surface area (Å²) in [5.74, 6) is -0.710. The summed E-state index contributed by atoms with van der Waals surface area (Å²) in [6.45, 7) is 1.19. The third-order valence-electron chi connectivity index (χ3n) is 1.45. The molecule has 0 spiro atoms. The van der Waals surface area contributed by atoms with Crippen LogP contribution in [0, 0.1) is 0 Å². The minimum Gasteiger partial charge on any atom is -0.322 e. The maximum Gasteiger partial charge on any atom is 0.442 e. The first-order chi connectivity index (χ1) is 6.88. The van der Waals surface area contributed by atoms with E-state index in [1.54, 1.807) is 0 Å². The van der Waals surface area contributed by atoms with Crippen LogP contribution in [-0.4, -0.2) is 26.9 Å². The first-order valence-electron chi connectivity index (χ1n) is 3.92. The predicted octanol–water partition coefficient (Wildman–Crippen LogP) is 1.99. The molecule has 1 aromatic heterocycles. The second-order valence-corrected chi connectivity index (χ2v) is 4.09. The van der Waals surface area contributed by atoms with Crippen LogP contribution in [0.4, 0.5) is 18.9 Å². The number of carbonyl (C=O) groups is 1. The Kier molecular flexibility index (Phi) is 3.61. The third-order valence-corrected chi connectivity index (χ3v) is 2.28. The van der Waals surface area contributed by atoms with Crippen molar-refractivity contribution in [1.29, 1.82) is 0 Å². The summed E-state index contributed by atoms with van der Waals surface area (Å²) in [4.78, 5) is 11.2. The lowest BCUT2D eigenvalue weighted by Crippen LogP contribution is -2.25. The first-order valence-corrected chi connectivity index (χ1v) is 4.80. The van der Waals surface area contributed by atoms with Crippen molar-refractivity contribution in [2.75, 3.05) is 5.32 Å². The highest BCUT2D eigenvalue weighted by Crippen LogP contribution is 2.34. The van der Waals surface area contributed by atoms with Gasteiger partial charge in [-0.3, -0.25) is 9.89 Å². The highest BCUT2D eigenvalue weighted by Gasteiger charge is 2.34. The fraction of sp³-hybridized carbons (Fsp3) is 0.429. The number of halogens is 3. The van der Waals surface area contributed by atoms with Crippen molar-refractivity contribution >= 4 is 23.4 Å². The Morgan fingerprint density at radius 3 is 2.80 bits per heavy atom. The van der Waals surface area contributed by atoms with Crippen LogP contribution in [0.25, 0.3) is 0 Å². The van der Waals surface area contributed by atoms with Gasteiger partial charge in [0.15, 0.2) is 0 Å². The summed E-state index contributed by atoms with van der Waals surface area (Å²) in [5.41, 5.74) is -4.07. The van der Waals surface area contributed by atoms with E-state index in [1.165, 1.54) is 19.3 Å². The molecule has 4 nitrogen and oxygen atoms in total. The molecule has 1 heterocycles. The van der Waals surface area contributed by atoms with Gasteiger partial charge < -0.3 is 5.32 Å². The average Bonchev–Trinajstić information content (AvgIpc) is 2.53. The molecule has 84 valence electrons. The molecule has 2 N–H and O–H groups in total. The number of hydrogen-bond acceptors (Lipinski definition) is 3. The standard InChI is InChI=1S/C7H8F3N3OS/c1-4(15-7(8,9)10)6(14)13-5-2-11-12-3-5/h2-4H,1H3,(H,11,12)(H,13,14). The van der Waals surface area contributed by atoms with Crippen LogP contribution >= 0.6 is 11.8 Å². The lowest BCUT2D eigenvalue weighted by Gasteiger charge is -2.12. The van der Waals surface area contributed by atoms with Gasteiger partial charge in [0.1, 0.15) is 0 Å². The summed E-state index contributed by atoms with van der Waals surface area (Å²) >= 11 is -0.356. The summed E-state index contributed by atoms with van der Waals surface area (Å²) in [5, 5.41) is 7.07. The number of rotatable bonds is 3. The van der Waals surface area contributed by atoms with Gasteiger partial charge >= 0.3 is 5.51 Å². The topological polar surface area (TPSA) is 57.8 Å². The van der Waals surface area contributed by atoms with E-state index in [1.807, 2.05) is 0 Å². The Morgan fingerprint density at radius 1 is 1.67 bits per heavy atom. The van der Waals surface area contributed by atoms with Gasteiger partial charge in [-0.25, -0.2) is 0 Å². The summed E-state index contributed by atoms with van der Waals surface area (Å²) < 4.78 is 35.7. The monoisotopic (exact) mass is 239 g/mol. The van der Waals surface area contributed by atoms with Gasteiger partial charge in [-0.15, -0.1) is 0 Å². The Balaban J connectivity index is 2.47. The molecule has 0 aromatic carbocycles. The molecule has 0 aliphatic rings. The highest BCUT2D eigenvalue weighted by molar-refractivity contribution is 8.01. The van der Waals surface area contributed by atoms with Crippen molar-refractivity contribution in [3.05, 3.63) is 12.4 Å². The number of aromatic nitrogens is 2. The number of alkyl halides is 3.